The monoisotopic (exact) mass is 469 g/mol. The summed E-state index contributed by atoms with van der Waals surface area (Å²) in [6.45, 7) is 0.505. The first-order chi connectivity index (χ1) is 16.0. The van der Waals surface area contributed by atoms with Crippen molar-refractivity contribution >= 4 is 28.3 Å². The lowest BCUT2D eigenvalue weighted by molar-refractivity contribution is 0.128. The van der Waals surface area contributed by atoms with Crippen molar-refractivity contribution in [1.29, 1.82) is 0 Å². The zero-order chi connectivity index (χ0) is 23.1. The highest BCUT2D eigenvalue weighted by molar-refractivity contribution is 6.32. The van der Waals surface area contributed by atoms with Crippen LogP contribution in [0.25, 0.3) is 16.6 Å². The molecule has 0 radical (unpaired) electrons. The van der Waals surface area contributed by atoms with Gasteiger partial charge in [-0.3, -0.25) is 14.0 Å². The molecule has 3 aromatic heterocycles. The Morgan fingerprint density at radius 1 is 1.21 bits per heavy atom. The van der Waals surface area contributed by atoms with E-state index in [1.165, 1.54) is 23.0 Å². The third kappa shape index (κ3) is 3.78. The van der Waals surface area contributed by atoms with Crippen molar-refractivity contribution < 1.29 is 14.6 Å². The second kappa shape index (κ2) is 8.58. The Labute approximate surface area is 193 Å². The highest BCUT2D eigenvalue weighted by Gasteiger charge is 2.33. The van der Waals surface area contributed by atoms with Crippen LogP contribution >= 0.6 is 11.6 Å². The lowest BCUT2D eigenvalue weighted by atomic mass is 10.2. The first-order valence-corrected chi connectivity index (χ1v) is 10.9. The standard InChI is InChI=1S/C23H21ClFN5O3/c24-16-11-26-22(28-8-6-21(32)20(28)13-31)9-19(16)29-7-5-18-15(23(29)33)10-27-30(18)12-14-3-1-2-4-17(14)25/h1-5,7,9-11,20-21,31-32H,6,8,12-13H2/t20-,21+/m0/s1. The molecular weight excluding hydrogens is 449 g/mol. The molecule has 0 spiro atoms. The van der Waals surface area contributed by atoms with Crippen molar-refractivity contribution in [2.45, 2.75) is 25.1 Å². The Balaban J connectivity index is 1.54. The number of aromatic nitrogens is 4. The number of hydrogen-bond donors (Lipinski definition) is 2. The maximum atomic E-state index is 14.1. The van der Waals surface area contributed by atoms with Gasteiger partial charge in [0.25, 0.3) is 5.56 Å². The summed E-state index contributed by atoms with van der Waals surface area (Å²) in [7, 11) is 0. The second-order valence-corrected chi connectivity index (χ2v) is 8.38. The molecule has 5 rings (SSSR count). The molecule has 1 aromatic carbocycles. The molecule has 8 nitrogen and oxygen atoms in total. The highest BCUT2D eigenvalue weighted by atomic mass is 35.5. The molecule has 10 heteroatoms. The fourth-order valence-corrected chi connectivity index (χ4v) is 4.48. The molecule has 1 aliphatic heterocycles. The van der Waals surface area contributed by atoms with Crippen molar-refractivity contribution in [3.05, 3.63) is 81.7 Å². The Bertz CT molecular complexity index is 1390. The molecule has 0 aliphatic carbocycles. The number of fused-ring (bicyclic) bond motifs is 1. The van der Waals surface area contributed by atoms with Gasteiger partial charge >= 0.3 is 0 Å². The van der Waals surface area contributed by atoms with Gasteiger partial charge in [0.15, 0.2) is 0 Å². The average molecular weight is 470 g/mol. The summed E-state index contributed by atoms with van der Waals surface area (Å²) in [5.74, 6) is 0.172. The minimum absolute atomic E-state index is 0.194. The van der Waals surface area contributed by atoms with Crippen LogP contribution < -0.4 is 10.5 Å². The topological polar surface area (TPSA) is 96.4 Å². The van der Waals surface area contributed by atoms with Crippen molar-refractivity contribution in [3.8, 4) is 5.69 Å². The van der Waals surface area contributed by atoms with E-state index in [1.807, 2.05) is 0 Å². The van der Waals surface area contributed by atoms with Crippen molar-refractivity contribution in [2.75, 3.05) is 18.1 Å². The van der Waals surface area contributed by atoms with Crippen molar-refractivity contribution in [1.82, 2.24) is 19.3 Å². The molecule has 0 amide bonds. The predicted molar refractivity (Wildman–Crippen MR) is 122 cm³/mol. The van der Waals surface area contributed by atoms with Gasteiger partial charge in [0.1, 0.15) is 11.6 Å². The molecule has 2 atom stereocenters. The predicted octanol–water partition coefficient (Wildman–Crippen LogP) is 2.35. The van der Waals surface area contributed by atoms with E-state index in [9.17, 15) is 19.4 Å². The number of aliphatic hydroxyl groups is 2. The third-order valence-corrected chi connectivity index (χ3v) is 6.35. The van der Waals surface area contributed by atoms with Crippen LogP contribution in [0.4, 0.5) is 10.2 Å². The smallest absolute Gasteiger partial charge is 0.266 e. The molecule has 2 N–H and O–H groups in total. The zero-order valence-electron chi connectivity index (χ0n) is 17.5. The van der Waals surface area contributed by atoms with Crippen molar-refractivity contribution in [3.63, 3.8) is 0 Å². The van der Waals surface area contributed by atoms with E-state index in [2.05, 4.69) is 10.1 Å². The van der Waals surface area contributed by atoms with Gasteiger partial charge in [0, 0.05) is 24.4 Å². The molecule has 33 heavy (non-hydrogen) atoms. The third-order valence-electron chi connectivity index (χ3n) is 6.06. The van der Waals surface area contributed by atoms with E-state index >= 15 is 0 Å². The summed E-state index contributed by atoms with van der Waals surface area (Å²) in [5.41, 5.74) is 1.15. The number of halogens is 2. The van der Waals surface area contributed by atoms with E-state index in [0.29, 0.717) is 40.9 Å². The normalized spacial score (nSPS) is 18.4. The number of nitrogens with zero attached hydrogens (tertiary/aromatic N) is 5. The first-order valence-electron chi connectivity index (χ1n) is 10.5. The second-order valence-electron chi connectivity index (χ2n) is 7.98. The SMILES string of the molecule is O=c1c2cnn(Cc3ccccc3F)c2ccn1-c1cc(N2CC[C@@H](O)[C@@H]2CO)ncc1Cl. The largest absolute Gasteiger partial charge is 0.394 e. The van der Waals surface area contributed by atoms with E-state index < -0.39 is 12.1 Å². The van der Waals surface area contributed by atoms with Crippen molar-refractivity contribution in [2.24, 2.45) is 0 Å². The summed E-state index contributed by atoms with van der Waals surface area (Å²) >= 11 is 6.39. The van der Waals surface area contributed by atoms with Gasteiger partial charge in [-0.05, 0) is 18.6 Å². The summed E-state index contributed by atoms with van der Waals surface area (Å²) in [4.78, 5) is 19.4. The van der Waals surface area contributed by atoms with Gasteiger partial charge in [0.2, 0.25) is 0 Å². The lowest BCUT2D eigenvalue weighted by Crippen LogP contribution is -2.38. The van der Waals surface area contributed by atoms with Crippen LogP contribution in [0, 0.1) is 5.82 Å². The van der Waals surface area contributed by atoms with Gasteiger partial charge in [-0.25, -0.2) is 9.37 Å². The molecule has 1 aliphatic rings. The zero-order valence-corrected chi connectivity index (χ0v) is 18.2. The van der Waals surface area contributed by atoms with Crippen LogP contribution in [0.2, 0.25) is 5.02 Å². The highest BCUT2D eigenvalue weighted by Crippen LogP contribution is 2.29. The van der Waals surface area contributed by atoms with Gasteiger partial charge in [-0.2, -0.15) is 5.10 Å². The molecule has 0 saturated carbocycles. The number of anilines is 1. The van der Waals surface area contributed by atoms with E-state index in [-0.39, 0.29) is 29.6 Å². The summed E-state index contributed by atoms with van der Waals surface area (Å²) in [5, 5.41) is 24.7. The Morgan fingerprint density at radius 3 is 2.82 bits per heavy atom. The quantitative estimate of drug-likeness (QED) is 0.466. The van der Waals surface area contributed by atoms with Gasteiger partial charge in [0.05, 0.1) is 59.3 Å². The van der Waals surface area contributed by atoms with E-state index in [1.54, 1.807) is 46.1 Å². The molecule has 4 aromatic rings. The minimum atomic E-state index is -0.657. The number of benzene rings is 1. The fraction of sp³-hybridized carbons (Fsp3) is 0.261. The average Bonchev–Trinajstić information content (AvgIpc) is 3.40. The molecule has 0 bridgehead atoms. The van der Waals surface area contributed by atoms with Crippen LogP contribution in [0.1, 0.15) is 12.0 Å². The van der Waals surface area contributed by atoms with Gasteiger partial charge in [-0.1, -0.05) is 29.8 Å². The first kappa shape index (κ1) is 21.6. The molecule has 4 heterocycles. The van der Waals surface area contributed by atoms with Crippen LogP contribution in [0.3, 0.4) is 0 Å². The van der Waals surface area contributed by atoms with E-state index in [4.69, 9.17) is 11.6 Å². The van der Waals surface area contributed by atoms with Gasteiger partial charge in [-0.15, -0.1) is 0 Å². The summed E-state index contributed by atoms with van der Waals surface area (Å²) in [6, 6.07) is 9.37. The van der Waals surface area contributed by atoms with Crippen LogP contribution in [0.15, 0.2) is 59.8 Å². The summed E-state index contributed by atoms with van der Waals surface area (Å²) in [6.07, 6.45) is 4.36. The lowest BCUT2D eigenvalue weighted by Gasteiger charge is -2.26. The maximum absolute atomic E-state index is 14.1. The molecule has 170 valence electrons. The molecule has 1 fully saturated rings. The Hall–Kier alpha value is -3.27. The number of hydrogen-bond acceptors (Lipinski definition) is 6. The Kier molecular flexibility index (Phi) is 5.61. The van der Waals surface area contributed by atoms with E-state index in [0.717, 1.165) is 0 Å². The van der Waals surface area contributed by atoms with Crippen LogP contribution in [-0.2, 0) is 6.54 Å². The number of rotatable bonds is 5. The molecular formula is C23H21ClFN5O3. The fourth-order valence-electron chi connectivity index (χ4n) is 4.28. The van der Waals surface area contributed by atoms with Crippen LogP contribution in [-0.4, -0.2) is 54.8 Å². The maximum Gasteiger partial charge on any atom is 0.266 e. The number of aliphatic hydroxyl groups excluding tert-OH is 2. The summed E-state index contributed by atoms with van der Waals surface area (Å²) < 4.78 is 17.1. The molecule has 1 saturated heterocycles. The Morgan fingerprint density at radius 2 is 2.03 bits per heavy atom. The minimum Gasteiger partial charge on any atom is -0.394 e. The molecule has 0 unspecified atom stereocenters. The number of pyridine rings is 2. The van der Waals surface area contributed by atoms with Gasteiger partial charge < -0.3 is 15.1 Å². The van der Waals surface area contributed by atoms with Crippen LogP contribution in [0.5, 0.6) is 0 Å².